The van der Waals surface area contributed by atoms with Gasteiger partial charge in [-0.1, -0.05) is 30.3 Å². The van der Waals surface area contributed by atoms with Gasteiger partial charge in [-0.25, -0.2) is 0 Å². The van der Waals surface area contributed by atoms with Gasteiger partial charge in [-0.05, 0) is 11.6 Å². The van der Waals surface area contributed by atoms with E-state index in [0.29, 0.717) is 16.7 Å². The monoisotopic (exact) mass is 238 g/mol. The maximum atomic E-state index is 12.0. The zero-order valence-electron chi connectivity index (χ0n) is 9.60. The number of benzene rings is 2. The third kappa shape index (κ3) is 1.76. The highest BCUT2D eigenvalue weighted by molar-refractivity contribution is 5.82. The summed E-state index contributed by atoms with van der Waals surface area (Å²) in [5.41, 5.74) is 2.42. The predicted octanol–water partition coefficient (Wildman–Crippen LogP) is 2.63. The number of hydrogen-bond donors (Lipinski definition) is 1. The average Bonchev–Trinajstić information content (AvgIpc) is 2.39. The molecule has 1 aromatic heterocycles. The second-order valence-electron chi connectivity index (χ2n) is 4.17. The first-order chi connectivity index (χ1) is 8.74. The summed E-state index contributed by atoms with van der Waals surface area (Å²) < 4.78 is 0. The minimum absolute atomic E-state index is 0.0254. The molecule has 0 fully saturated rings. The van der Waals surface area contributed by atoms with Gasteiger partial charge in [-0.2, -0.15) is 0 Å². The predicted molar refractivity (Wildman–Crippen MR) is 73.1 cm³/mol. The third-order valence-corrected chi connectivity index (χ3v) is 2.91. The smallest absolute Gasteiger partial charge is 0.255 e. The molecule has 0 amide bonds. The molecule has 1 heterocycles. The van der Waals surface area contributed by atoms with Crippen LogP contribution in [0.3, 0.4) is 0 Å². The first kappa shape index (κ1) is 10.6. The van der Waals surface area contributed by atoms with Crippen molar-refractivity contribution >= 4 is 10.9 Å². The molecular formula is C15H12NO2+. The summed E-state index contributed by atoms with van der Waals surface area (Å²) in [6.45, 7) is 0. The fraction of sp³-hybridized carbons (Fsp3) is 0. The molecule has 0 spiro atoms. The molecule has 3 N–H and O–H groups in total. The van der Waals surface area contributed by atoms with Gasteiger partial charge >= 0.3 is 0 Å². The van der Waals surface area contributed by atoms with Crippen LogP contribution in [-0.2, 0) is 0 Å². The number of aromatic amines is 1. The van der Waals surface area contributed by atoms with Crippen LogP contribution in [0.25, 0.3) is 22.2 Å². The standard InChI is InChI=1S/C15H11NO2/c17-11-6-7-12-14(8-11)16-13(9-15(12)18)10-4-2-1-3-5-10/h1-9,17H,(H,16,18)/p+1. The first-order valence-electron chi connectivity index (χ1n) is 5.68. The van der Waals surface area contributed by atoms with E-state index in [1.54, 1.807) is 24.3 Å². The fourth-order valence-electron chi connectivity index (χ4n) is 2.03. The van der Waals surface area contributed by atoms with Crippen LogP contribution in [0, 0.1) is 0 Å². The molecule has 3 heteroatoms. The molecule has 0 atom stereocenters. The van der Waals surface area contributed by atoms with Gasteiger partial charge in [-0.15, -0.1) is 0 Å². The van der Waals surface area contributed by atoms with Crippen LogP contribution in [0.2, 0.25) is 0 Å². The summed E-state index contributed by atoms with van der Waals surface area (Å²) in [5, 5.41) is 8.22. The van der Waals surface area contributed by atoms with Gasteiger partial charge in [0.1, 0.15) is 0 Å². The van der Waals surface area contributed by atoms with E-state index in [1.807, 2.05) is 30.3 Å². The number of pyridine rings is 1. The zero-order valence-corrected chi connectivity index (χ0v) is 9.60. The highest BCUT2D eigenvalue weighted by Crippen LogP contribution is 2.20. The lowest BCUT2D eigenvalue weighted by Gasteiger charge is -2.04. The second kappa shape index (κ2) is 4.04. The van der Waals surface area contributed by atoms with E-state index in [2.05, 4.69) is 4.98 Å². The number of H-pyrrole nitrogens is 1. The van der Waals surface area contributed by atoms with Crippen LogP contribution in [0.15, 0.2) is 59.4 Å². The summed E-state index contributed by atoms with van der Waals surface area (Å²) in [4.78, 5) is 15.2. The van der Waals surface area contributed by atoms with E-state index in [9.17, 15) is 4.79 Å². The number of nitrogens with one attached hydrogen (secondary N) is 1. The Bertz CT molecular complexity index is 760. The molecule has 3 aromatic rings. The SMILES string of the molecule is O=c1cc(-c2ccccc2)[nH]c2cc([OH2+])ccc12. The molecule has 18 heavy (non-hydrogen) atoms. The van der Waals surface area contributed by atoms with Crippen LogP contribution < -0.4 is 5.43 Å². The van der Waals surface area contributed by atoms with E-state index in [0.717, 1.165) is 11.3 Å². The maximum absolute atomic E-state index is 12.0. The van der Waals surface area contributed by atoms with Gasteiger partial charge in [0.15, 0.2) is 5.43 Å². The van der Waals surface area contributed by atoms with Crippen molar-refractivity contribution in [2.24, 2.45) is 0 Å². The summed E-state index contributed by atoms with van der Waals surface area (Å²) >= 11 is 0. The summed E-state index contributed by atoms with van der Waals surface area (Å²) in [6, 6.07) is 16.3. The molecule has 3 nitrogen and oxygen atoms in total. The van der Waals surface area contributed by atoms with Crippen molar-refractivity contribution in [3.63, 3.8) is 0 Å². The highest BCUT2D eigenvalue weighted by atomic mass is 16.3. The van der Waals surface area contributed by atoms with E-state index in [-0.39, 0.29) is 5.43 Å². The van der Waals surface area contributed by atoms with Gasteiger partial charge in [0.05, 0.1) is 11.6 Å². The molecule has 0 unspecified atom stereocenters. The minimum atomic E-state index is -0.0254. The van der Waals surface area contributed by atoms with Gasteiger partial charge in [0.2, 0.25) is 0 Å². The van der Waals surface area contributed by atoms with Crippen molar-refractivity contribution in [2.45, 2.75) is 0 Å². The Labute approximate surface area is 103 Å². The normalized spacial score (nSPS) is 10.7. The summed E-state index contributed by atoms with van der Waals surface area (Å²) in [6.07, 6.45) is 0. The molecule has 88 valence electrons. The van der Waals surface area contributed by atoms with E-state index in [4.69, 9.17) is 5.11 Å². The van der Waals surface area contributed by atoms with Crippen molar-refractivity contribution in [1.29, 1.82) is 0 Å². The average molecular weight is 238 g/mol. The zero-order chi connectivity index (χ0) is 12.5. The van der Waals surface area contributed by atoms with Crippen LogP contribution in [0.4, 0.5) is 0 Å². The lowest BCUT2D eigenvalue weighted by molar-refractivity contribution is 0.476. The van der Waals surface area contributed by atoms with Gasteiger partial charge in [-0.3, -0.25) is 4.79 Å². The number of hydrogen-bond acceptors (Lipinski definition) is 1. The van der Waals surface area contributed by atoms with E-state index in [1.165, 1.54) is 0 Å². The molecule has 0 radical (unpaired) electrons. The van der Waals surface area contributed by atoms with Gasteiger partial charge in [0.25, 0.3) is 5.75 Å². The summed E-state index contributed by atoms with van der Waals surface area (Å²) in [7, 11) is 0. The fourth-order valence-corrected chi connectivity index (χ4v) is 2.03. The van der Waals surface area contributed by atoms with Crippen LogP contribution >= 0.6 is 0 Å². The van der Waals surface area contributed by atoms with Crippen molar-refractivity contribution in [3.05, 3.63) is 64.8 Å². The number of aromatic nitrogens is 1. The Kier molecular flexibility index (Phi) is 2.38. The molecule has 2 aromatic carbocycles. The summed E-state index contributed by atoms with van der Waals surface area (Å²) in [5.74, 6) is 0.392. The molecule has 0 aliphatic rings. The molecule has 0 aliphatic carbocycles. The van der Waals surface area contributed by atoms with Gasteiger partial charge in [0, 0.05) is 23.2 Å². The Morgan fingerprint density at radius 1 is 0.944 bits per heavy atom. The molecular weight excluding hydrogens is 226 g/mol. The Morgan fingerprint density at radius 2 is 1.72 bits per heavy atom. The lowest BCUT2D eigenvalue weighted by Crippen LogP contribution is -2.02. The van der Waals surface area contributed by atoms with E-state index >= 15 is 0 Å². The Balaban J connectivity index is 2.30. The van der Waals surface area contributed by atoms with Crippen molar-refractivity contribution in [1.82, 2.24) is 4.98 Å². The van der Waals surface area contributed by atoms with Crippen LogP contribution in [-0.4, -0.2) is 10.1 Å². The van der Waals surface area contributed by atoms with Crippen molar-refractivity contribution in [3.8, 4) is 17.0 Å². The largest absolute Gasteiger partial charge is 0.593 e. The Hall–Kier alpha value is -2.55. The Morgan fingerprint density at radius 3 is 2.50 bits per heavy atom. The number of fused-ring (bicyclic) bond motifs is 1. The third-order valence-electron chi connectivity index (χ3n) is 2.91. The molecule has 0 saturated carbocycles. The van der Waals surface area contributed by atoms with Crippen LogP contribution in [0.5, 0.6) is 5.75 Å². The molecule has 0 saturated heterocycles. The maximum Gasteiger partial charge on any atom is 0.255 e. The molecule has 3 rings (SSSR count). The first-order valence-corrected chi connectivity index (χ1v) is 5.68. The van der Waals surface area contributed by atoms with Crippen LogP contribution in [0.1, 0.15) is 0 Å². The quantitative estimate of drug-likeness (QED) is 0.651. The molecule has 0 aliphatic heterocycles. The highest BCUT2D eigenvalue weighted by Gasteiger charge is 2.05. The molecule has 0 bridgehead atoms. The van der Waals surface area contributed by atoms with Crippen molar-refractivity contribution in [2.75, 3.05) is 0 Å². The topological polar surface area (TPSA) is 55.8 Å². The van der Waals surface area contributed by atoms with Gasteiger partial charge < -0.3 is 10.1 Å². The minimum Gasteiger partial charge on any atom is -0.593 e. The van der Waals surface area contributed by atoms with Crippen molar-refractivity contribution < 1.29 is 5.11 Å². The van der Waals surface area contributed by atoms with E-state index < -0.39 is 0 Å². The number of rotatable bonds is 1. The lowest BCUT2D eigenvalue weighted by atomic mass is 10.1. The second-order valence-corrected chi connectivity index (χ2v) is 4.17.